The maximum atomic E-state index is 13.6. The molecule has 1 aliphatic rings. The van der Waals surface area contributed by atoms with Crippen molar-refractivity contribution in [2.24, 2.45) is 5.92 Å². The minimum absolute atomic E-state index is 0.138. The summed E-state index contributed by atoms with van der Waals surface area (Å²) in [7, 11) is 0. The molecule has 0 saturated carbocycles. The second kappa shape index (κ2) is 7.75. The van der Waals surface area contributed by atoms with E-state index in [0.29, 0.717) is 5.92 Å². The molecule has 112 valence electrons. The molecule has 1 aromatic rings. The van der Waals surface area contributed by atoms with Crippen LogP contribution < -0.4 is 5.32 Å². The fraction of sp³-hybridized carbons (Fsp3) is 0.647. The van der Waals surface area contributed by atoms with Crippen molar-refractivity contribution in [2.75, 3.05) is 19.8 Å². The molecule has 0 amide bonds. The average Bonchev–Trinajstić information content (AvgIpc) is 2.47. The first kappa shape index (κ1) is 15.5. The molecule has 1 atom stereocenters. The number of benzene rings is 1. The highest BCUT2D eigenvalue weighted by Gasteiger charge is 2.21. The van der Waals surface area contributed by atoms with E-state index in [1.54, 1.807) is 12.1 Å². The molecule has 2 rings (SSSR count). The van der Waals surface area contributed by atoms with E-state index in [4.69, 9.17) is 4.74 Å². The van der Waals surface area contributed by atoms with Gasteiger partial charge in [0, 0.05) is 19.3 Å². The summed E-state index contributed by atoms with van der Waals surface area (Å²) >= 11 is 0. The number of hydrogen-bond acceptors (Lipinski definition) is 2. The maximum Gasteiger partial charge on any atom is 0.123 e. The van der Waals surface area contributed by atoms with E-state index in [2.05, 4.69) is 19.2 Å². The first-order valence-electron chi connectivity index (χ1n) is 7.78. The topological polar surface area (TPSA) is 21.3 Å². The summed E-state index contributed by atoms with van der Waals surface area (Å²) in [4.78, 5) is 0. The zero-order valence-electron chi connectivity index (χ0n) is 12.6. The Balaban J connectivity index is 2.10. The smallest absolute Gasteiger partial charge is 0.123 e. The molecule has 0 bridgehead atoms. The Bertz CT molecular complexity index is 415. The molecule has 1 heterocycles. The van der Waals surface area contributed by atoms with Crippen LogP contribution in [-0.4, -0.2) is 19.8 Å². The zero-order valence-corrected chi connectivity index (χ0v) is 12.6. The van der Waals surface area contributed by atoms with Gasteiger partial charge >= 0.3 is 0 Å². The molecule has 3 heteroatoms. The van der Waals surface area contributed by atoms with Crippen LogP contribution in [0.25, 0.3) is 0 Å². The molecule has 0 spiro atoms. The molecule has 1 aromatic carbocycles. The van der Waals surface area contributed by atoms with Crippen LogP contribution in [0.1, 0.15) is 49.8 Å². The SMILES string of the molecule is CCCNC(CC1CCOCC1)c1cc(F)ccc1C. The van der Waals surface area contributed by atoms with Crippen LogP contribution in [0, 0.1) is 18.7 Å². The van der Waals surface area contributed by atoms with Gasteiger partial charge in [0.15, 0.2) is 0 Å². The van der Waals surface area contributed by atoms with Gasteiger partial charge in [-0.2, -0.15) is 0 Å². The number of rotatable bonds is 6. The van der Waals surface area contributed by atoms with E-state index < -0.39 is 0 Å². The number of aryl methyl sites for hydroxylation is 1. The number of hydrogen-bond donors (Lipinski definition) is 1. The Kier molecular flexibility index (Phi) is 5.99. The molecule has 0 aliphatic carbocycles. The van der Waals surface area contributed by atoms with Crippen molar-refractivity contribution in [2.45, 2.75) is 45.6 Å². The monoisotopic (exact) mass is 279 g/mol. The molecular weight excluding hydrogens is 253 g/mol. The van der Waals surface area contributed by atoms with E-state index in [0.717, 1.165) is 51.0 Å². The zero-order chi connectivity index (χ0) is 14.4. The van der Waals surface area contributed by atoms with Gasteiger partial charge in [-0.25, -0.2) is 4.39 Å². The van der Waals surface area contributed by atoms with E-state index in [1.165, 1.54) is 5.56 Å². The Labute approximate surface area is 121 Å². The van der Waals surface area contributed by atoms with Crippen molar-refractivity contribution in [3.8, 4) is 0 Å². The third-order valence-corrected chi connectivity index (χ3v) is 4.17. The van der Waals surface area contributed by atoms with E-state index >= 15 is 0 Å². The maximum absolute atomic E-state index is 13.6. The summed E-state index contributed by atoms with van der Waals surface area (Å²) in [5.74, 6) is 0.543. The Hall–Kier alpha value is -0.930. The molecular formula is C17H26FNO. The Morgan fingerprint density at radius 2 is 2.10 bits per heavy atom. The summed E-state index contributed by atoms with van der Waals surface area (Å²) in [6.45, 7) is 6.95. The van der Waals surface area contributed by atoms with Crippen molar-refractivity contribution >= 4 is 0 Å². The van der Waals surface area contributed by atoms with Gasteiger partial charge < -0.3 is 10.1 Å². The van der Waals surface area contributed by atoms with Gasteiger partial charge in [0.1, 0.15) is 5.82 Å². The molecule has 1 unspecified atom stereocenters. The van der Waals surface area contributed by atoms with E-state index in [9.17, 15) is 4.39 Å². The molecule has 1 aliphatic heterocycles. The number of ether oxygens (including phenoxy) is 1. The van der Waals surface area contributed by atoms with E-state index in [1.807, 2.05) is 6.07 Å². The van der Waals surface area contributed by atoms with Crippen LogP contribution in [0.2, 0.25) is 0 Å². The second-order valence-corrected chi connectivity index (χ2v) is 5.80. The van der Waals surface area contributed by atoms with Gasteiger partial charge in [0.25, 0.3) is 0 Å². The highest BCUT2D eigenvalue weighted by molar-refractivity contribution is 5.29. The molecule has 0 aromatic heterocycles. The molecule has 20 heavy (non-hydrogen) atoms. The normalized spacial score (nSPS) is 18.1. The molecule has 2 nitrogen and oxygen atoms in total. The van der Waals surface area contributed by atoms with Crippen molar-refractivity contribution < 1.29 is 9.13 Å². The summed E-state index contributed by atoms with van der Waals surface area (Å²) in [5.41, 5.74) is 2.29. The summed E-state index contributed by atoms with van der Waals surface area (Å²) in [6.07, 6.45) is 4.42. The van der Waals surface area contributed by atoms with Gasteiger partial charge in [-0.05, 0) is 68.3 Å². The molecule has 0 radical (unpaired) electrons. The molecule has 1 saturated heterocycles. The fourth-order valence-corrected chi connectivity index (χ4v) is 2.94. The first-order valence-corrected chi connectivity index (χ1v) is 7.78. The Morgan fingerprint density at radius 1 is 1.35 bits per heavy atom. The van der Waals surface area contributed by atoms with Crippen molar-refractivity contribution in [3.05, 3.63) is 35.1 Å². The fourth-order valence-electron chi connectivity index (χ4n) is 2.94. The van der Waals surface area contributed by atoms with Crippen LogP contribution in [-0.2, 0) is 4.74 Å². The van der Waals surface area contributed by atoms with Gasteiger partial charge in [-0.15, -0.1) is 0 Å². The quantitative estimate of drug-likeness (QED) is 0.850. The van der Waals surface area contributed by atoms with Crippen molar-refractivity contribution in [3.63, 3.8) is 0 Å². The van der Waals surface area contributed by atoms with Gasteiger partial charge in [0.05, 0.1) is 0 Å². The van der Waals surface area contributed by atoms with Gasteiger partial charge in [0.2, 0.25) is 0 Å². The minimum Gasteiger partial charge on any atom is -0.381 e. The third kappa shape index (κ3) is 4.29. The first-order chi connectivity index (χ1) is 9.70. The minimum atomic E-state index is -0.138. The van der Waals surface area contributed by atoms with Crippen LogP contribution in [0.5, 0.6) is 0 Å². The standard InChI is InChI=1S/C17H26FNO/c1-3-8-19-17(11-14-6-9-20-10-7-14)16-12-15(18)5-4-13(16)2/h4-5,12,14,17,19H,3,6-11H2,1-2H3. The second-order valence-electron chi connectivity index (χ2n) is 5.80. The average molecular weight is 279 g/mol. The Morgan fingerprint density at radius 3 is 2.80 bits per heavy atom. The lowest BCUT2D eigenvalue weighted by Gasteiger charge is -2.28. The van der Waals surface area contributed by atoms with Crippen LogP contribution in [0.3, 0.4) is 0 Å². The predicted molar refractivity (Wildman–Crippen MR) is 80.3 cm³/mol. The molecule has 1 fully saturated rings. The summed E-state index contributed by atoms with van der Waals surface area (Å²) in [6, 6.07) is 5.38. The third-order valence-electron chi connectivity index (χ3n) is 4.17. The van der Waals surface area contributed by atoms with Crippen molar-refractivity contribution in [1.29, 1.82) is 0 Å². The van der Waals surface area contributed by atoms with Gasteiger partial charge in [-0.1, -0.05) is 13.0 Å². The summed E-state index contributed by atoms with van der Waals surface area (Å²) in [5, 5.41) is 3.59. The number of halogens is 1. The number of nitrogens with one attached hydrogen (secondary N) is 1. The molecule has 1 N–H and O–H groups in total. The van der Waals surface area contributed by atoms with Crippen LogP contribution >= 0.6 is 0 Å². The summed E-state index contributed by atoms with van der Waals surface area (Å²) < 4.78 is 19.0. The van der Waals surface area contributed by atoms with Gasteiger partial charge in [-0.3, -0.25) is 0 Å². The highest BCUT2D eigenvalue weighted by Crippen LogP contribution is 2.29. The van der Waals surface area contributed by atoms with Crippen molar-refractivity contribution in [1.82, 2.24) is 5.32 Å². The van der Waals surface area contributed by atoms with Crippen LogP contribution in [0.4, 0.5) is 4.39 Å². The lowest BCUT2D eigenvalue weighted by molar-refractivity contribution is 0.0605. The van der Waals surface area contributed by atoms with Crippen LogP contribution in [0.15, 0.2) is 18.2 Å². The lowest BCUT2D eigenvalue weighted by Crippen LogP contribution is -2.27. The lowest BCUT2D eigenvalue weighted by atomic mass is 9.88. The largest absolute Gasteiger partial charge is 0.381 e. The predicted octanol–water partition coefficient (Wildman–Crippen LogP) is 3.99. The highest BCUT2D eigenvalue weighted by atomic mass is 19.1. The van der Waals surface area contributed by atoms with E-state index in [-0.39, 0.29) is 11.9 Å².